The minimum atomic E-state index is -0.308. The maximum atomic E-state index is 13.7. The van der Waals surface area contributed by atoms with E-state index in [1.54, 1.807) is 6.07 Å². The number of benzene rings is 1. The van der Waals surface area contributed by atoms with Crippen molar-refractivity contribution in [2.75, 3.05) is 14.1 Å². The Hall–Kier alpha value is -0.930. The van der Waals surface area contributed by atoms with Gasteiger partial charge in [-0.3, -0.25) is 0 Å². The zero-order valence-corrected chi connectivity index (χ0v) is 10.5. The van der Waals surface area contributed by atoms with Crippen LogP contribution in [0.2, 0.25) is 0 Å². The molecule has 0 saturated carbocycles. The van der Waals surface area contributed by atoms with E-state index in [9.17, 15) is 4.39 Å². The summed E-state index contributed by atoms with van der Waals surface area (Å²) in [6.07, 6.45) is 0.723. The summed E-state index contributed by atoms with van der Waals surface area (Å²) in [6, 6.07) is 6.90. The van der Waals surface area contributed by atoms with Crippen molar-refractivity contribution in [1.82, 2.24) is 4.90 Å². The zero-order valence-electron chi connectivity index (χ0n) is 10.5. The second-order valence-corrected chi connectivity index (χ2v) is 5.19. The molecular weight excluding hydrogens is 203 g/mol. The monoisotopic (exact) mass is 224 g/mol. The highest BCUT2D eigenvalue weighted by Crippen LogP contribution is 2.28. The zero-order chi connectivity index (χ0) is 12.3. The molecule has 1 aromatic carbocycles. The topological polar surface area (TPSA) is 29.3 Å². The molecule has 0 fully saturated rings. The number of halogens is 1. The first-order valence-electron chi connectivity index (χ1n) is 5.51. The van der Waals surface area contributed by atoms with Crippen LogP contribution in [-0.2, 0) is 0 Å². The number of rotatable bonds is 4. The quantitative estimate of drug-likeness (QED) is 0.851. The molecule has 3 heteroatoms. The Bertz CT molecular complexity index is 342. The predicted octanol–water partition coefficient (Wildman–Crippen LogP) is 2.56. The van der Waals surface area contributed by atoms with Crippen molar-refractivity contribution in [3.8, 4) is 0 Å². The van der Waals surface area contributed by atoms with Gasteiger partial charge in [0, 0.05) is 17.1 Å². The minimum absolute atomic E-state index is 0.0150. The molecule has 1 atom stereocenters. The van der Waals surface area contributed by atoms with Gasteiger partial charge in [-0.15, -0.1) is 0 Å². The van der Waals surface area contributed by atoms with Crippen LogP contribution in [0.5, 0.6) is 0 Å². The van der Waals surface area contributed by atoms with E-state index in [1.807, 2.05) is 45.0 Å². The van der Waals surface area contributed by atoms with Crippen LogP contribution in [0.3, 0.4) is 0 Å². The summed E-state index contributed by atoms with van der Waals surface area (Å²) in [7, 11) is 3.89. The summed E-state index contributed by atoms with van der Waals surface area (Å²) in [5.41, 5.74) is 6.42. The van der Waals surface area contributed by atoms with Gasteiger partial charge in [-0.1, -0.05) is 18.2 Å². The van der Waals surface area contributed by atoms with Crippen molar-refractivity contribution in [3.63, 3.8) is 0 Å². The lowest BCUT2D eigenvalue weighted by Crippen LogP contribution is -2.37. The maximum Gasteiger partial charge on any atom is 0.127 e. The Morgan fingerprint density at radius 3 is 2.31 bits per heavy atom. The second kappa shape index (κ2) is 4.93. The van der Waals surface area contributed by atoms with Gasteiger partial charge in [0.1, 0.15) is 5.82 Å². The van der Waals surface area contributed by atoms with Crippen LogP contribution in [0.15, 0.2) is 24.3 Å². The Morgan fingerprint density at radius 2 is 1.88 bits per heavy atom. The van der Waals surface area contributed by atoms with Gasteiger partial charge < -0.3 is 10.6 Å². The molecule has 2 nitrogen and oxygen atoms in total. The molecule has 0 aliphatic carbocycles. The normalized spacial score (nSPS) is 14.2. The molecule has 90 valence electrons. The van der Waals surface area contributed by atoms with Crippen LogP contribution in [0, 0.1) is 5.82 Å². The lowest BCUT2D eigenvalue weighted by molar-refractivity contribution is 0.237. The third-order valence-electron chi connectivity index (χ3n) is 2.61. The van der Waals surface area contributed by atoms with Crippen LogP contribution in [-0.4, -0.2) is 24.5 Å². The molecule has 0 heterocycles. The Balaban J connectivity index is 2.99. The van der Waals surface area contributed by atoms with Crippen LogP contribution < -0.4 is 5.73 Å². The van der Waals surface area contributed by atoms with E-state index in [4.69, 9.17) is 5.73 Å². The van der Waals surface area contributed by atoms with Crippen molar-refractivity contribution in [3.05, 3.63) is 35.6 Å². The highest BCUT2D eigenvalue weighted by atomic mass is 19.1. The summed E-state index contributed by atoms with van der Waals surface area (Å²) in [5.74, 6) is -0.162. The molecule has 0 saturated heterocycles. The van der Waals surface area contributed by atoms with Gasteiger partial charge in [0.2, 0.25) is 0 Å². The van der Waals surface area contributed by atoms with Gasteiger partial charge in [0.25, 0.3) is 0 Å². The summed E-state index contributed by atoms with van der Waals surface area (Å²) < 4.78 is 13.7. The summed E-state index contributed by atoms with van der Waals surface area (Å²) in [6.45, 7) is 3.93. The van der Waals surface area contributed by atoms with Crippen molar-refractivity contribution in [1.29, 1.82) is 0 Å². The van der Waals surface area contributed by atoms with Gasteiger partial charge in [-0.05, 0) is 40.4 Å². The first-order chi connectivity index (χ1) is 7.31. The van der Waals surface area contributed by atoms with Crippen LogP contribution in [0.4, 0.5) is 4.39 Å². The predicted molar refractivity (Wildman–Crippen MR) is 65.7 cm³/mol. The van der Waals surface area contributed by atoms with E-state index in [-0.39, 0.29) is 17.4 Å². The average Bonchev–Trinajstić information content (AvgIpc) is 2.13. The van der Waals surface area contributed by atoms with E-state index < -0.39 is 0 Å². The smallest absolute Gasteiger partial charge is 0.127 e. The molecule has 0 radical (unpaired) electrons. The third-order valence-corrected chi connectivity index (χ3v) is 2.61. The summed E-state index contributed by atoms with van der Waals surface area (Å²) in [5, 5.41) is 0. The van der Waals surface area contributed by atoms with Gasteiger partial charge in [0.15, 0.2) is 0 Å². The molecule has 1 unspecified atom stereocenters. The molecule has 1 rings (SSSR count). The number of hydrogen-bond donors (Lipinski definition) is 1. The third kappa shape index (κ3) is 3.58. The molecule has 0 aromatic heterocycles. The summed E-state index contributed by atoms with van der Waals surface area (Å²) in [4.78, 5) is 2.01. The Labute approximate surface area is 97.3 Å². The first-order valence-corrected chi connectivity index (χ1v) is 5.51. The molecule has 0 bridgehead atoms. The second-order valence-electron chi connectivity index (χ2n) is 5.19. The van der Waals surface area contributed by atoms with Gasteiger partial charge in [-0.2, -0.15) is 0 Å². The lowest BCUT2D eigenvalue weighted by atomic mass is 9.91. The van der Waals surface area contributed by atoms with Crippen molar-refractivity contribution in [2.24, 2.45) is 5.73 Å². The Kier molecular flexibility index (Phi) is 4.05. The van der Waals surface area contributed by atoms with E-state index >= 15 is 0 Å². The highest BCUT2D eigenvalue weighted by molar-refractivity contribution is 5.21. The molecule has 0 spiro atoms. The highest BCUT2D eigenvalue weighted by Gasteiger charge is 2.24. The van der Waals surface area contributed by atoms with Crippen LogP contribution in [0.1, 0.15) is 31.9 Å². The fourth-order valence-corrected chi connectivity index (χ4v) is 1.81. The van der Waals surface area contributed by atoms with Crippen LogP contribution >= 0.6 is 0 Å². The van der Waals surface area contributed by atoms with E-state index in [0.29, 0.717) is 5.56 Å². The summed E-state index contributed by atoms with van der Waals surface area (Å²) >= 11 is 0. The van der Waals surface area contributed by atoms with Gasteiger partial charge in [0.05, 0.1) is 0 Å². The van der Waals surface area contributed by atoms with E-state index in [2.05, 4.69) is 0 Å². The molecule has 1 aromatic rings. The lowest BCUT2D eigenvalue weighted by Gasteiger charge is -2.31. The minimum Gasteiger partial charge on any atom is -0.325 e. The number of nitrogens with two attached hydrogens (primary N) is 1. The molecule has 0 aliphatic heterocycles. The van der Waals surface area contributed by atoms with Crippen LogP contribution in [0.25, 0.3) is 0 Å². The largest absolute Gasteiger partial charge is 0.325 e. The molecule has 16 heavy (non-hydrogen) atoms. The van der Waals surface area contributed by atoms with E-state index in [1.165, 1.54) is 6.07 Å². The van der Waals surface area contributed by atoms with Crippen molar-refractivity contribution in [2.45, 2.75) is 31.8 Å². The average molecular weight is 224 g/mol. The molecule has 2 N–H and O–H groups in total. The fraction of sp³-hybridized carbons (Fsp3) is 0.538. The molecule has 0 aliphatic rings. The van der Waals surface area contributed by atoms with E-state index in [0.717, 1.165) is 6.42 Å². The number of nitrogens with zero attached hydrogens (tertiary/aromatic N) is 1. The standard InChI is InChI=1S/C13H21FN2/c1-13(2,15)9-12(16(3)4)10-7-5-6-8-11(10)14/h5-8,12H,9,15H2,1-4H3. The Morgan fingerprint density at radius 1 is 1.31 bits per heavy atom. The number of hydrogen-bond acceptors (Lipinski definition) is 2. The fourth-order valence-electron chi connectivity index (χ4n) is 1.81. The van der Waals surface area contributed by atoms with Crippen molar-refractivity contribution >= 4 is 0 Å². The maximum absolute atomic E-state index is 13.7. The van der Waals surface area contributed by atoms with Crippen molar-refractivity contribution < 1.29 is 4.39 Å². The molecular formula is C13H21FN2. The SMILES string of the molecule is CN(C)C(CC(C)(C)N)c1ccccc1F. The molecule has 0 amide bonds. The van der Waals surface area contributed by atoms with Gasteiger partial charge >= 0.3 is 0 Å². The van der Waals surface area contributed by atoms with Gasteiger partial charge in [-0.25, -0.2) is 4.39 Å². The first kappa shape index (κ1) is 13.1.